The van der Waals surface area contributed by atoms with Gasteiger partial charge in [0.05, 0.1) is 0 Å². The normalized spacial score (nSPS) is 12.8. The molecule has 0 aliphatic heterocycles. The van der Waals surface area contributed by atoms with Crippen LogP contribution in [0.5, 0.6) is 0 Å². The molecule has 0 N–H and O–H groups in total. The van der Waals surface area contributed by atoms with E-state index < -0.39 is 15.3 Å². The van der Waals surface area contributed by atoms with E-state index in [2.05, 4.69) is 0 Å². The maximum Gasteiger partial charge on any atom is 0.381 e. The minimum Gasteiger partial charge on any atom is -0.496 e. The van der Waals surface area contributed by atoms with Crippen molar-refractivity contribution < 1.29 is 13.6 Å². The van der Waals surface area contributed by atoms with Crippen molar-refractivity contribution in [1.29, 1.82) is 0 Å². The first-order valence-electron chi connectivity index (χ1n) is 2.49. The second kappa shape index (κ2) is 4.78. The first kappa shape index (κ1) is 8.94. The van der Waals surface area contributed by atoms with Crippen molar-refractivity contribution in [1.82, 2.24) is 0 Å². The van der Waals surface area contributed by atoms with Gasteiger partial charge in [0.25, 0.3) is 0 Å². The zero-order valence-corrected chi connectivity index (χ0v) is 7.30. The fourth-order valence-corrected chi connectivity index (χ4v) is 0.983. The maximum absolute atomic E-state index is 10.4. The molecule has 0 aliphatic carbocycles. The average Bonchev–Trinajstić information content (AvgIpc) is 1.87. The Morgan fingerprint density at radius 3 is 2.67 bits per heavy atom. The molecular formula is C4H9ClO3Si. The largest absolute Gasteiger partial charge is 0.496 e. The molecule has 0 amide bonds. The summed E-state index contributed by atoms with van der Waals surface area (Å²) in [6, 6.07) is 0. The van der Waals surface area contributed by atoms with Crippen molar-refractivity contribution in [2.24, 2.45) is 0 Å². The lowest BCUT2D eigenvalue weighted by Gasteiger charge is -2.06. The van der Waals surface area contributed by atoms with Gasteiger partial charge in [-0.05, 0) is 6.55 Å². The Kier molecular flexibility index (Phi) is 4.75. The molecule has 0 rings (SSSR count). The lowest BCUT2D eigenvalue weighted by Crippen LogP contribution is -2.21. The second-order valence-electron chi connectivity index (χ2n) is 1.43. The van der Waals surface area contributed by atoms with Crippen LogP contribution in [0.3, 0.4) is 0 Å². The van der Waals surface area contributed by atoms with E-state index >= 15 is 0 Å². The van der Waals surface area contributed by atoms with Crippen LogP contribution in [-0.4, -0.2) is 28.2 Å². The van der Waals surface area contributed by atoms with E-state index in [4.69, 9.17) is 20.5 Å². The predicted molar refractivity (Wildman–Crippen MR) is 36.8 cm³/mol. The van der Waals surface area contributed by atoms with Crippen molar-refractivity contribution in [3.8, 4) is 0 Å². The summed E-state index contributed by atoms with van der Waals surface area (Å²) in [4.78, 5) is 10.4. The van der Waals surface area contributed by atoms with Gasteiger partial charge in [-0.25, -0.2) is 0 Å². The summed E-state index contributed by atoms with van der Waals surface area (Å²) in [5.74, 6) is -0.501. The number of carbonyl (C=O) groups excluding carboxylic acids is 1. The maximum atomic E-state index is 10.4. The fourth-order valence-electron chi connectivity index (χ4n) is 0.265. The third-order valence-corrected chi connectivity index (χ3v) is 2.22. The van der Waals surface area contributed by atoms with E-state index in [1.807, 2.05) is 0 Å². The molecule has 0 aromatic heterocycles. The van der Waals surface area contributed by atoms with E-state index in [1.165, 1.54) is 7.11 Å². The third-order valence-electron chi connectivity index (χ3n) is 0.738. The molecule has 0 aromatic rings. The Bertz CT molecular complexity index is 97.8. The fraction of sp³-hybridized carbons (Fsp3) is 0.750. The second-order valence-corrected chi connectivity index (χ2v) is 3.54. The zero-order valence-electron chi connectivity index (χ0n) is 5.39. The van der Waals surface area contributed by atoms with E-state index in [1.54, 1.807) is 6.55 Å². The van der Waals surface area contributed by atoms with Crippen LogP contribution in [-0.2, 0) is 13.6 Å². The zero-order chi connectivity index (χ0) is 7.28. The van der Waals surface area contributed by atoms with Gasteiger partial charge in [-0.2, -0.15) is 0 Å². The Morgan fingerprint density at radius 2 is 2.33 bits per heavy atom. The summed E-state index contributed by atoms with van der Waals surface area (Å²) in [5.41, 5.74) is 0. The van der Waals surface area contributed by atoms with Gasteiger partial charge in [0, 0.05) is 7.11 Å². The Labute approximate surface area is 60.8 Å². The molecule has 0 bridgehead atoms. The van der Waals surface area contributed by atoms with E-state index in [-0.39, 0.29) is 5.88 Å². The first-order valence-corrected chi connectivity index (χ1v) is 5.12. The Balaban J connectivity index is 3.34. The quantitative estimate of drug-likeness (QED) is 0.448. The predicted octanol–water partition coefficient (Wildman–Crippen LogP) is 0.265. The summed E-state index contributed by atoms with van der Waals surface area (Å²) >= 11 is 5.15. The lowest BCUT2D eigenvalue weighted by atomic mass is 10.8. The number of halogens is 1. The summed E-state index contributed by atoms with van der Waals surface area (Å²) in [5, 5.41) is 0. The van der Waals surface area contributed by atoms with Crippen molar-refractivity contribution in [3.63, 3.8) is 0 Å². The highest BCUT2D eigenvalue weighted by atomic mass is 35.5. The van der Waals surface area contributed by atoms with Gasteiger partial charge in [0.2, 0.25) is 0 Å². The summed E-state index contributed by atoms with van der Waals surface area (Å²) in [6.07, 6.45) is 0. The summed E-state index contributed by atoms with van der Waals surface area (Å²) in [7, 11) is -0.179. The molecule has 0 spiro atoms. The van der Waals surface area contributed by atoms with Gasteiger partial charge in [0.1, 0.15) is 5.88 Å². The molecule has 0 aromatic carbocycles. The highest BCUT2D eigenvalue weighted by Gasteiger charge is 2.07. The Hall–Kier alpha value is -0.0631. The van der Waals surface area contributed by atoms with Crippen LogP contribution < -0.4 is 0 Å². The molecule has 0 aliphatic rings. The number of hydrogen-bond donors (Lipinski definition) is 0. The van der Waals surface area contributed by atoms with Gasteiger partial charge in [0.15, 0.2) is 0 Å². The van der Waals surface area contributed by atoms with Crippen LogP contribution in [0.2, 0.25) is 6.55 Å². The van der Waals surface area contributed by atoms with Gasteiger partial charge in [-0.1, -0.05) is 0 Å². The topological polar surface area (TPSA) is 35.5 Å². The Morgan fingerprint density at radius 1 is 1.78 bits per heavy atom. The standard InChI is InChI=1S/C4H9ClO3Si/c1-7-9(2)8-4(6)3-5/h9H,3H2,1-2H3. The highest BCUT2D eigenvalue weighted by molar-refractivity contribution is 6.45. The molecule has 3 nitrogen and oxygen atoms in total. The number of rotatable bonds is 3. The van der Waals surface area contributed by atoms with Gasteiger partial charge in [-0.15, -0.1) is 11.6 Å². The molecule has 0 heterocycles. The molecule has 0 fully saturated rings. The van der Waals surface area contributed by atoms with Crippen molar-refractivity contribution in [2.45, 2.75) is 6.55 Å². The minimum atomic E-state index is -1.69. The van der Waals surface area contributed by atoms with Crippen LogP contribution >= 0.6 is 11.6 Å². The van der Waals surface area contributed by atoms with Crippen molar-refractivity contribution in [2.75, 3.05) is 13.0 Å². The molecular weight excluding hydrogens is 160 g/mol. The SMILES string of the molecule is CO[SiH](C)OC(=O)CCl. The van der Waals surface area contributed by atoms with Crippen molar-refractivity contribution >= 4 is 26.9 Å². The summed E-state index contributed by atoms with van der Waals surface area (Å²) < 4.78 is 9.45. The monoisotopic (exact) mass is 168 g/mol. The smallest absolute Gasteiger partial charge is 0.381 e. The van der Waals surface area contributed by atoms with Crippen LogP contribution in [0.25, 0.3) is 0 Å². The molecule has 1 unspecified atom stereocenters. The van der Waals surface area contributed by atoms with Crippen molar-refractivity contribution in [3.05, 3.63) is 0 Å². The molecule has 9 heavy (non-hydrogen) atoms. The molecule has 0 radical (unpaired) electrons. The number of hydrogen-bond acceptors (Lipinski definition) is 3. The highest BCUT2D eigenvalue weighted by Crippen LogP contribution is 1.88. The first-order chi connectivity index (χ1) is 4.20. The van der Waals surface area contributed by atoms with E-state index in [9.17, 15) is 4.79 Å². The number of alkyl halides is 1. The molecule has 5 heteroatoms. The molecule has 54 valence electrons. The molecule has 0 saturated heterocycles. The average molecular weight is 169 g/mol. The molecule has 0 saturated carbocycles. The summed E-state index contributed by atoms with van der Waals surface area (Å²) in [6.45, 7) is 1.75. The van der Waals surface area contributed by atoms with Crippen LogP contribution in [0.4, 0.5) is 0 Å². The minimum absolute atomic E-state index is 0.0965. The molecule has 1 atom stereocenters. The number of carbonyl (C=O) groups is 1. The van der Waals surface area contributed by atoms with E-state index in [0.717, 1.165) is 0 Å². The van der Waals surface area contributed by atoms with Crippen LogP contribution in [0.15, 0.2) is 0 Å². The van der Waals surface area contributed by atoms with Gasteiger partial charge >= 0.3 is 15.3 Å². The van der Waals surface area contributed by atoms with Crippen LogP contribution in [0.1, 0.15) is 0 Å². The lowest BCUT2D eigenvalue weighted by molar-refractivity contribution is -0.132. The van der Waals surface area contributed by atoms with E-state index in [0.29, 0.717) is 0 Å². The van der Waals surface area contributed by atoms with Gasteiger partial charge in [-0.3, -0.25) is 4.79 Å². The van der Waals surface area contributed by atoms with Crippen LogP contribution in [0, 0.1) is 0 Å². The third kappa shape index (κ3) is 4.44. The van der Waals surface area contributed by atoms with Gasteiger partial charge < -0.3 is 8.85 Å².